The summed E-state index contributed by atoms with van der Waals surface area (Å²) in [7, 11) is 1.66. The summed E-state index contributed by atoms with van der Waals surface area (Å²) in [5.74, 6) is 2.17. The van der Waals surface area contributed by atoms with Crippen molar-refractivity contribution in [3.05, 3.63) is 48.4 Å². The molecule has 1 aliphatic rings. The Bertz CT molecular complexity index is 924. The van der Waals surface area contributed by atoms with Gasteiger partial charge in [0.2, 0.25) is 0 Å². The van der Waals surface area contributed by atoms with Crippen LogP contribution < -0.4 is 15.8 Å². The highest BCUT2D eigenvalue weighted by Crippen LogP contribution is 2.27. The number of ether oxygens (including phenoxy) is 1. The van der Waals surface area contributed by atoms with Gasteiger partial charge in [-0.15, -0.1) is 0 Å². The Morgan fingerprint density at radius 3 is 3.04 bits per heavy atom. The zero-order chi connectivity index (χ0) is 18.8. The van der Waals surface area contributed by atoms with Crippen LogP contribution in [0.5, 0.6) is 5.75 Å². The molecule has 2 atom stereocenters. The number of methoxy groups -OCH3 is 1. The summed E-state index contributed by atoms with van der Waals surface area (Å²) in [5.41, 5.74) is 9.39. The zero-order valence-electron chi connectivity index (χ0n) is 15.8. The largest absolute Gasteiger partial charge is 0.497 e. The number of fused-ring (bicyclic) bond motifs is 1. The zero-order valence-corrected chi connectivity index (χ0v) is 15.8. The van der Waals surface area contributed by atoms with Crippen molar-refractivity contribution in [1.29, 1.82) is 0 Å². The third kappa shape index (κ3) is 3.74. The van der Waals surface area contributed by atoms with Gasteiger partial charge in [-0.3, -0.25) is 4.90 Å². The third-order valence-electron chi connectivity index (χ3n) is 5.36. The van der Waals surface area contributed by atoms with Gasteiger partial charge < -0.3 is 15.8 Å². The first-order valence-corrected chi connectivity index (χ1v) is 9.34. The van der Waals surface area contributed by atoms with Crippen LogP contribution in [0.25, 0.3) is 5.52 Å². The lowest BCUT2D eigenvalue weighted by molar-refractivity contribution is 0.163. The topological polar surface area (TPSA) is 80.7 Å². The molecule has 0 amide bonds. The molecule has 0 unspecified atom stereocenters. The summed E-state index contributed by atoms with van der Waals surface area (Å²) in [6, 6.07) is 10.2. The van der Waals surface area contributed by atoms with E-state index >= 15 is 0 Å². The Labute approximate surface area is 159 Å². The van der Waals surface area contributed by atoms with Crippen molar-refractivity contribution in [1.82, 2.24) is 19.5 Å². The van der Waals surface area contributed by atoms with Crippen LogP contribution in [0.1, 0.15) is 18.9 Å². The second-order valence-electron chi connectivity index (χ2n) is 7.26. The van der Waals surface area contributed by atoms with E-state index in [2.05, 4.69) is 33.3 Å². The number of hydrogen-bond donors (Lipinski definition) is 2. The minimum absolute atomic E-state index is 0.234. The third-order valence-corrected chi connectivity index (χ3v) is 5.36. The molecule has 0 spiro atoms. The van der Waals surface area contributed by atoms with Gasteiger partial charge in [0.1, 0.15) is 17.6 Å². The summed E-state index contributed by atoms with van der Waals surface area (Å²) >= 11 is 0. The molecule has 7 heteroatoms. The van der Waals surface area contributed by atoms with Crippen LogP contribution in [0.2, 0.25) is 0 Å². The van der Waals surface area contributed by atoms with Crippen molar-refractivity contribution in [3.63, 3.8) is 0 Å². The van der Waals surface area contributed by atoms with Crippen molar-refractivity contribution in [2.24, 2.45) is 11.7 Å². The minimum atomic E-state index is 0.234. The molecule has 1 saturated heterocycles. The molecule has 142 valence electrons. The number of hydrogen-bond acceptors (Lipinski definition) is 6. The Kier molecular flexibility index (Phi) is 4.96. The molecular weight excluding hydrogens is 340 g/mol. The van der Waals surface area contributed by atoms with Gasteiger partial charge in [-0.2, -0.15) is 5.10 Å². The first-order valence-electron chi connectivity index (χ1n) is 9.34. The molecule has 0 radical (unpaired) electrons. The predicted molar refractivity (Wildman–Crippen MR) is 106 cm³/mol. The number of likely N-dealkylation sites (tertiary alicyclic amines) is 1. The van der Waals surface area contributed by atoms with Gasteiger partial charge in [0, 0.05) is 37.1 Å². The highest BCUT2D eigenvalue weighted by atomic mass is 16.5. The number of benzene rings is 1. The van der Waals surface area contributed by atoms with E-state index < -0.39 is 0 Å². The van der Waals surface area contributed by atoms with E-state index in [4.69, 9.17) is 10.5 Å². The van der Waals surface area contributed by atoms with Crippen LogP contribution in [0, 0.1) is 5.92 Å². The van der Waals surface area contributed by atoms with E-state index in [9.17, 15) is 0 Å². The van der Waals surface area contributed by atoms with Crippen molar-refractivity contribution in [2.45, 2.75) is 25.9 Å². The molecule has 3 aromatic rings. The van der Waals surface area contributed by atoms with E-state index in [-0.39, 0.29) is 6.04 Å². The van der Waals surface area contributed by atoms with Crippen LogP contribution in [0.3, 0.4) is 0 Å². The minimum Gasteiger partial charge on any atom is -0.497 e. The lowest BCUT2D eigenvalue weighted by atomic mass is 9.94. The van der Waals surface area contributed by atoms with Crippen molar-refractivity contribution >= 4 is 17.0 Å². The van der Waals surface area contributed by atoms with E-state index in [1.165, 1.54) is 5.56 Å². The maximum absolute atomic E-state index is 6.27. The summed E-state index contributed by atoms with van der Waals surface area (Å²) in [5, 5.41) is 7.76. The fraction of sp³-hybridized carbons (Fsp3) is 0.400. The molecule has 7 nitrogen and oxygen atoms in total. The quantitative estimate of drug-likeness (QED) is 0.723. The van der Waals surface area contributed by atoms with Crippen LogP contribution in [-0.4, -0.2) is 45.7 Å². The van der Waals surface area contributed by atoms with E-state index in [0.717, 1.165) is 48.8 Å². The molecule has 27 heavy (non-hydrogen) atoms. The monoisotopic (exact) mass is 366 g/mol. The van der Waals surface area contributed by atoms with E-state index in [0.29, 0.717) is 5.92 Å². The number of rotatable bonds is 5. The standard InChI is InChI=1S/C20H26N6O/c1-14-6-8-25(12-18(14)21)11-15-7-9-26-19(15)20(22-13-23-26)24-16-4-3-5-17(10-16)27-2/h3-5,7,9-10,13-14,18H,6,8,11-12,21H2,1-2H3,(H,22,23,24)/t14-,18-/m1/s1. The van der Waals surface area contributed by atoms with Gasteiger partial charge in [0.25, 0.3) is 0 Å². The molecule has 4 rings (SSSR count). The normalized spacial score (nSPS) is 20.7. The van der Waals surface area contributed by atoms with Gasteiger partial charge in [-0.1, -0.05) is 13.0 Å². The van der Waals surface area contributed by atoms with Crippen LogP contribution in [0.4, 0.5) is 11.5 Å². The Morgan fingerprint density at radius 1 is 1.33 bits per heavy atom. The number of nitrogens with one attached hydrogen (secondary N) is 1. The number of piperidine rings is 1. The molecule has 3 heterocycles. The van der Waals surface area contributed by atoms with Gasteiger partial charge in [0.05, 0.1) is 7.11 Å². The molecule has 3 N–H and O–H groups in total. The highest BCUT2D eigenvalue weighted by Gasteiger charge is 2.24. The first kappa shape index (κ1) is 17.8. The smallest absolute Gasteiger partial charge is 0.158 e. The summed E-state index contributed by atoms with van der Waals surface area (Å²) < 4.78 is 7.18. The summed E-state index contributed by atoms with van der Waals surface area (Å²) in [6.07, 6.45) is 4.69. The van der Waals surface area contributed by atoms with Gasteiger partial charge in [0.15, 0.2) is 5.82 Å². The SMILES string of the molecule is COc1cccc(Nc2ncnn3ccc(CN4CC[C@@H](C)[C@H](N)C4)c23)c1. The number of aromatic nitrogens is 3. The first-order chi connectivity index (χ1) is 13.1. The average Bonchev–Trinajstić information content (AvgIpc) is 3.09. The van der Waals surface area contributed by atoms with Crippen molar-refractivity contribution in [2.75, 3.05) is 25.5 Å². The fourth-order valence-electron chi connectivity index (χ4n) is 3.63. The Morgan fingerprint density at radius 2 is 2.22 bits per heavy atom. The Hall–Kier alpha value is -2.64. The number of anilines is 2. The molecule has 0 bridgehead atoms. The van der Waals surface area contributed by atoms with Crippen molar-refractivity contribution < 1.29 is 4.74 Å². The number of nitrogens with zero attached hydrogens (tertiary/aromatic N) is 4. The van der Waals surface area contributed by atoms with Crippen LogP contribution in [-0.2, 0) is 6.54 Å². The number of nitrogens with two attached hydrogens (primary N) is 1. The molecule has 1 fully saturated rings. The molecule has 2 aromatic heterocycles. The lowest BCUT2D eigenvalue weighted by Gasteiger charge is -2.34. The second kappa shape index (κ2) is 7.54. The molecule has 1 aromatic carbocycles. The maximum atomic E-state index is 6.27. The van der Waals surface area contributed by atoms with Gasteiger partial charge >= 0.3 is 0 Å². The van der Waals surface area contributed by atoms with E-state index in [1.54, 1.807) is 13.4 Å². The summed E-state index contributed by atoms with van der Waals surface area (Å²) in [6.45, 7) is 5.07. The maximum Gasteiger partial charge on any atom is 0.158 e. The molecule has 0 aliphatic carbocycles. The van der Waals surface area contributed by atoms with Crippen molar-refractivity contribution in [3.8, 4) is 5.75 Å². The Balaban J connectivity index is 1.61. The summed E-state index contributed by atoms with van der Waals surface area (Å²) in [4.78, 5) is 6.90. The van der Waals surface area contributed by atoms with Gasteiger partial charge in [-0.05, 0) is 42.6 Å². The molecule has 1 aliphatic heterocycles. The predicted octanol–water partition coefficient (Wildman–Crippen LogP) is 2.65. The average molecular weight is 366 g/mol. The van der Waals surface area contributed by atoms with Crippen LogP contribution >= 0.6 is 0 Å². The fourth-order valence-corrected chi connectivity index (χ4v) is 3.63. The highest BCUT2D eigenvalue weighted by molar-refractivity contribution is 5.76. The van der Waals surface area contributed by atoms with Gasteiger partial charge in [-0.25, -0.2) is 9.50 Å². The molecular formula is C20H26N6O. The second-order valence-corrected chi connectivity index (χ2v) is 7.26. The van der Waals surface area contributed by atoms with E-state index in [1.807, 2.05) is 35.0 Å². The van der Waals surface area contributed by atoms with Crippen LogP contribution in [0.15, 0.2) is 42.9 Å². The molecule has 0 saturated carbocycles. The lowest BCUT2D eigenvalue weighted by Crippen LogP contribution is -2.47.